The van der Waals surface area contributed by atoms with Gasteiger partial charge in [0.25, 0.3) is 0 Å². The first-order valence-electron chi connectivity index (χ1n) is 7.67. The van der Waals surface area contributed by atoms with Gasteiger partial charge in [0.2, 0.25) is 5.91 Å². The van der Waals surface area contributed by atoms with Gasteiger partial charge in [-0.2, -0.15) is 0 Å². The van der Waals surface area contributed by atoms with Gasteiger partial charge in [-0.3, -0.25) is 4.79 Å². The molecular weight excluding hydrogens is 308 g/mol. The molecule has 23 heavy (non-hydrogen) atoms. The van der Waals surface area contributed by atoms with Crippen LogP contribution in [0.25, 0.3) is 0 Å². The van der Waals surface area contributed by atoms with E-state index in [1.165, 1.54) is 5.56 Å². The van der Waals surface area contributed by atoms with Crippen molar-refractivity contribution in [1.29, 1.82) is 0 Å². The van der Waals surface area contributed by atoms with E-state index in [4.69, 9.17) is 11.6 Å². The molecule has 2 N–H and O–H groups in total. The van der Waals surface area contributed by atoms with E-state index in [1.54, 1.807) is 0 Å². The molecule has 0 atom stereocenters. The predicted octanol–water partition coefficient (Wildman–Crippen LogP) is 5.00. The molecule has 122 valence electrons. The summed E-state index contributed by atoms with van der Waals surface area (Å²) in [5, 5.41) is 6.69. The van der Waals surface area contributed by atoms with Crippen LogP contribution in [0, 0.1) is 6.92 Å². The highest BCUT2D eigenvalue weighted by atomic mass is 35.5. The second-order valence-corrected chi connectivity index (χ2v) is 7.05. The number of nitrogens with one attached hydrogen (secondary N) is 2. The van der Waals surface area contributed by atoms with Crippen molar-refractivity contribution in [3.05, 3.63) is 58.6 Å². The van der Waals surface area contributed by atoms with E-state index in [0.717, 1.165) is 16.9 Å². The smallest absolute Gasteiger partial charge is 0.243 e. The van der Waals surface area contributed by atoms with Gasteiger partial charge in [-0.15, -0.1) is 0 Å². The molecule has 3 nitrogen and oxygen atoms in total. The fourth-order valence-corrected chi connectivity index (χ4v) is 2.41. The van der Waals surface area contributed by atoms with Crippen molar-refractivity contribution in [3.63, 3.8) is 0 Å². The summed E-state index contributed by atoms with van der Waals surface area (Å²) in [5.74, 6) is -0.0899. The third-order valence-corrected chi connectivity index (χ3v) is 4.15. The zero-order valence-electron chi connectivity index (χ0n) is 14.0. The molecule has 4 heteroatoms. The van der Waals surface area contributed by atoms with Gasteiger partial charge in [0, 0.05) is 16.4 Å². The summed E-state index contributed by atoms with van der Waals surface area (Å²) in [5.41, 5.74) is 3.96. The molecule has 2 aromatic rings. The molecule has 0 aliphatic rings. The number of carbonyl (C=O) groups excluding carboxylic acids is 1. The maximum atomic E-state index is 12.1. The third-order valence-electron chi connectivity index (χ3n) is 3.74. The SMILES string of the molecule is Cc1c(Cl)cccc1NCC(=O)Nc1ccc(C(C)(C)C)cc1. The summed E-state index contributed by atoms with van der Waals surface area (Å²) in [6.07, 6.45) is 0. The standard InChI is InChI=1S/C19H23ClN2O/c1-13-16(20)6-5-7-17(13)21-12-18(23)22-15-10-8-14(9-11-15)19(2,3)4/h5-11,21H,12H2,1-4H3,(H,22,23). The maximum Gasteiger partial charge on any atom is 0.243 e. The van der Waals surface area contributed by atoms with Crippen molar-refractivity contribution >= 4 is 28.9 Å². The van der Waals surface area contributed by atoms with Crippen LogP contribution in [0.3, 0.4) is 0 Å². The van der Waals surface area contributed by atoms with Gasteiger partial charge in [-0.25, -0.2) is 0 Å². The molecule has 2 aromatic carbocycles. The minimum absolute atomic E-state index is 0.0899. The van der Waals surface area contributed by atoms with Crippen LogP contribution in [0.1, 0.15) is 31.9 Å². The van der Waals surface area contributed by atoms with E-state index >= 15 is 0 Å². The molecule has 0 bridgehead atoms. The van der Waals surface area contributed by atoms with E-state index in [9.17, 15) is 4.79 Å². The molecule has 0 aliphatic carbocycles. The monoisotopic (exact) mass is 330 g/mol. The highest BCUT2D eigenvalue weighted by Gasteiger charge is 2.13. The van der Waals surface area contributed by atoms with Crippen molar-refractivity contribution in [1.82, 2.24) is 0 Å². The highest BCUT2D eigenvalue weighted by Crippen LogP contribution is 2.24. The van der Waals surface area contributed by atoms with Crippen LogP contribution in [0.15, 0.2) is 42.5 Å². The van der Waals surface area contributed by atoms with Crippen molar-refractivity contribution in [3.8, 4) is 0 Å². The molecule has 0 saturated heterocycles. The highest BCUT2D eigenvalue weighted by molar-refractivity contribution is 6.31. The summed E-state index contributed by atoms with van der Waals surface area (Å²) < 4.78 is 0. The fraction of sp³-hybridized carbons (Fsp3) is 0.316. The lowest BCUT2D eigenvalue weighted by atomic mass is 9.87. The van der Waals surface area contributed by atoms with Crippen molar-refractivity contribution < 1.29 is 4.79 Å². The van der Waals surface area contributed by atoms with Gasteiger partial charge in [-0.05, 0) is 47.7 Å². The van der Waals surface area contributed by atoms with Crippen LogP contribution in [0.4, 0.5) is 11.4 Å². The number of rotatable bonds is 4. The van der Waals surface area contributed by atoms with E-state index in [-0.39, 0.29) is 17.9 Å². The Kier molecular flexibility index (Phi) is 5.32. The van der Waals surface area contributed by atoms with Crippen LogP contribution in [-0.2, 0) is 10.2 Å². The average molecular weight is 331 g/mol. The Balaban J connectivity index is 1.93. The number of benzene rings is 2. The molecule has 0 aromatic heterocycles. The first-order chi connectivity index (χ1) is 10.8. The second kappa shape index (κ2) is 7.05. The lowest BCUT2D eigenvalue weighted by Crippen LogP contribution is -2.22. The van der Waals surface area contributed by atoms with Crippen molar-refractivity contribution in [2.24, 2.45) is 0 Å². The topological polar surface area (TPSA) is 41.1 Å². The van der Waals surface area contributed by atoms with Gasteiger partial charge >= 0.3 is 0 Å². The minimum Gasteiger partial charge on any atom is -0.376 e. The summed E-state index contributed by atoms with van der Waals surface area (Å²) in [6.45, 7) is 8.61. The summed E-state index contributed by atoms with van der Waals surface area (Å²) in [4.78, 5) is 12.1. The summed E-state index contributed by atoms with van der Waals surface area (Å²) in [7, 11) is 0. The molecule has 0 fully saturated rings. The van der Waals surface area contributed by atoms with Crippen molar-refractivity contribution in [2.75, 3.05) is 17.2 Å². The third kappa shape index (κ3) is 4.73. The largest absolute Gasteiger partial charge is 0.376 e. The molecule has 0 heterocycles. The Bertz CT molecular complexity index is 688. The molecule has 1 amide bonds. The molecule has 0 saturated carbocycles. The molecule has 0 unspecified atom stereocenters. The van der Waals surface area contributed by atoms with Gasteiger partial charge in [0.05, 0.1) is 6.54 Å². The van der Waals surface area contributed by atoms with Gasteiger partial charge in [-0.1, -0.05) is 50.6 Å². The van der Waals surface area contributed by atoms with Crippen LogP contribution in [0.2, 0.25) is 5.02 Å². The van der Waals surface area contributed by atoms with E-state index in [2.05, 4.69) is 31.4 Å². The number of amides is 1. The fourth-order valence-electron chi connectivity index (χ4n) is 2.23. The number of anilines is 2. The number of hydrogen-bond donors (Lipinski definition) is 2. The molecule has 0 aliphatic heterocycles. The van der Waals surface area contributed by atoms with Crippen LogP contribution >= 0.6 is 11.6 Å². The Morgan fingerprint density at radius 1 is 1.09 bits per heavy atom. The summed E-state index contributed by atoms with van der Waals surface area (Å²) in [6, 6.07) is 13.6. The van der Waals surface area contributed by atoms with Crippen LogP contribution in [-0.4, -0.2) is 12.5 Å². The lowest BCUT2D eigenvalue weighted by Gasteiger charge is -2.19. The first-order valence-corrected chi connectivity index (χ1v) is 8.04. The normalized spacial score (nSPS) is 11.2. The van der Waals surface area contributed by atoms with Gasteiger partial charge < -0.3 is 10.6 Å². The van der Waals surface area contributed by atoms with E-state index in [1.807, 2.05) is 49.4 Å². The van der Waals surface area contributed by atoms with Crippen LogP contribution in [0.5, 0.6) is 0 Å². The Morgan fingerprint density at radius 3 is 2.35 bits per heavy atom. The lowest BCUT2D eigenvalue weighted by molar-refractivity contribution is -0.114. The molecule has 2 rings (SSSR count). The first kappa shape index (κ1) is 17.4. The quantitative estimate of drug-likeness (QED) is 0.828. The Morgan fingerprint density at radius 2 is 1.74 bits per heavy atom. The Labute approximate surface area is 143 Å². The number of hydrogen-bond acceptors (Lipinski definition) is 2. The molecule has 0 spiro atoms. The molecular formula is C19H23ClN2O. The van der Waals surface area contributed by atoms with E-state index < -0.39 is 0 Å². The number of halogens is 1. The van der Waals surface area contributed by atoms with Crippen molar-refractivity contribution in [2.45, 2.75) is 33.1 Å². The summed E-state index contributed by atoms with van der Waals surface area (Å²) >= 11 is 6.07. The zero-order chi connectivity index (χ0) is 17.0. The predicted molar refractivity (Wildman–Crippen MR) is 98.5 cm³/mol. The Hall–Kier alpha value is -2.00. The van der Waals surface area contributed by atoms with Crippen LogP contribution < -0.4 is 10.6 Å². The second-order valence-electron chi connectivity index (χ2n) is 6.64. The minimum atomic E-state index is -0.0899. The number of carbonyl (C=O) groups is 1. The zero-order valence-corrected chi connectivity index (χ0v) is 14.8. The van der Waals surface area contributed by atoms with E-state index in [0.29, 0.717) is 5.02 Å². The molecule has 0 radical (unpaired) electrons. The van der Waals surface area contributed by atoms with Gasteiger partial charge in [0.15, 0.2) is 0 Å². The van der Waals surface area contributed by atoms with Gasteiger partial charge in [0.1, 0.15) is 0 Å². The maximum absolute atomic E-state index is 12.1. The average Bonchev–Trinajstić information content (AvgIpc) is 2.48.